The number of carbonyl (C=O) groups is 1. The van der Waals surface area contributed by atoms with Gasteiger partial charge in [0.25, 0.3) is 5.69 Å². The van der Waals surface area contributed by atoms with E-state index in [4.69, 9.17) is 0 Å². The highest BCUT2D eigenvalue weighted by atomic mass is 16.6. The molecule has 0 aliphatic heterocycles. The van der Waals surface area contributed by atoms with Gasteiger partial charge < -0.3 is 5.32 Å². The van der Waals surface area contributed by atoms with E-state index >= 15 is 0 Å². The van der Waals surface area contributed by atoms with E-state index in [0.717, 1.165) is 36.9 Å². The number of nitrogens with one attached hydrogen (secondary N) is 1. The van der Waals surface area contributed by atoms with E-state index in [1.54, 1.807) is 12.1 Å². The first kappa shape index (κ1) is 18.1. The largest absolute Gasteiger partial charge is 0.378 e. The van der Waals surface area contributed by atoms with Crippen LogP contribution in [0.3, 0.4) is 0 Å². The number of carbonyl (C=O) groups excluding carboxylic acids is 1. The first-order valence-electron chi connectivity index (χ1n) is 9.21. The van der Waals surface area contributed by atoms with Gasteiger partial charge in [-0.1, -0.05) is 37.6 Å². The zero-order valence-electron chi connectivity index (χ0n) is 15.0. The Balaban J connectivity index is 1.89. The van der Waals surface area contributed by atoms with Gasteiger partial charge in [0.1, 0.15) is 5.78 Å². The van der Waals surface area contributed by atoms with Gasteiger partial charge in [0.2, 0.25) is 0 Å². The monoisotopic (exact) mass is 352 g/mol. The van der Waals surface area contributed by atoms with Crippen LogP contribution in [0, 0.1) is 16.0 Å². The minimum Gasteiger partial charge on any atom is -0.378 e. The SMILES string of the molecule is CCc1ccc(NC(c2ccc([N+](=O)[O-])cc2)C2CCCCC2=O)cc1. The predicted molar refractivity (Wildman–Crippen MR) is 102 cm³/mol. The number of hydrogen-bond donors (Lipinski definition) is 1. The average Bonchev–Trinajstić information content (AvgIpc) is 2.67. The molecule has 2 unspecified atom stereocenters. The van der Waals surface area contributed by atoms with Gasteiger partial charge in [-0.25, -0.2) is 0 Å². The van der Waals surface area contributed by atoms with E-state index in [1.807, 2.05) is 12.1 Å². The molecule has 5 heteroatoms. The predicted octanol–water partition coefficient (Wildman–Crippen LogP) is 5.07. The quantitative estimate of drug-likeness (QED) is 0.582. The van der Waals surface area contributed by atoms with Crippen molar-refractivity contribution < 1.29 is 9.72 Å². The maximum absolute atomic E-state index is 12.5. The Hall–Kier alpha value is -2.69. The molecule has 0 saturated heterocycles. The van der Waals surface area contributed by atoms with Crippen LogP contribution in [0.2, 0.25) is 0 Å². The molecule has 0 bridgehead atoms. The first-order valence-corrected chi connectivity index (χ1v) is 9.21. The maximum Gasteiger partial charge on any atom is 0.269 e. The number of ketones is 1. The van der Waals surface area contributed by atoms with E-state index in [9.17, 15) is 14.9 Å². The Kier molecular flexibility index (Phi) is 5.66. The van der Waals surface area contributed by atoms with Crippen LogP contribution in [0.1, 0.15) is 49.8 Å². The molecule has 0 radical (unpaired) electrons. The van der Waals surface area contributed by atoms with Crippen LogP contribution in [0.4, 0.5) is 11.4 Å². The van der Waals surface area contributed by atoms with Crippen molar-refractivity contribution in [3.05, 3.63) is 69.8 Å². The van der Waals surface area contributed by atoms with Crippen molar-refractivity contribution in [2.75, 3.05) is 5.32 Å². The third-order valence-corrected chi connectivity index (χ3v) is 5.15. The maximum atomic E-state index is 12.5. The Bertz CT molecular complexity index is 769. The van der Waals surface area contributed by atoms with Gasteiger partial charge >= 0.3 is 0 Å². The Labute approximate surface area is 153 Å². The lowest BCUT2D eigenvalue weighted by atomic mass is 9.80. The van der Waals surface area contributed by atoms with Crippen molar-refractivity contribution in [1.82, 2.24) is 0 Å². The number of nitrogens with zero attached hydrogens (tertiary/aromatic N) is 1. The summed E-state index contributed by atoms with van der Waals surface area (Å²) in [7, 11) is 0. The summed E-state index contributed by atoms with van der Waals surface area (Å²) in [6.07, 6.45) is 4.43. The van der Waals surface area contributed by atoms with Gasteiger partial charge in [-0.2, -0.15) is 0 Å². The number of rotatable bonds is 6. The van der Waals surface area contributed by atoms with Gasteiger partial charge in [-0.05, 0) is 42.5 Å². The smallest absolute Gasteiger partial charge is 0.269 e. The van der Waals surface area contributed by atoms with Gasteiger partial charge in [0.15, 0.2) is 0 Å². The highest BCUT2D eigenvalue weighted by Gasteiger charge is 2.31. The molecular formula is C21H24N2O3. The molecule has 3 rings (SSSR count). The molecule has 1 aliphatic carbocycles. The fraction of sp³-hybridized carbons (Fsp3) is 0.381. The summed E-state index contributed by atoms with van der Waals surface area (Å²) in [5, 5.41) is 14.4. The summed E-state index contributed by atoms with van der Waals surface area (Å²) in [5.74, 6) is 0.174. The molecule has 5 nitrogen and oxygen atoms in total. The van der Waals surface area contributed by atoms with E-state index in [1.165, 1.54) is 17.7 Å². The van der Waals surface area contributed by atoms with E-state index < -0.39 is 4.92 Å². The van der Waals surface area contributed by atoms with Crippen LogP contribution in [-0.4, -0.2) is 10.7 Å². The van der Waals surface area contributed by atoms with Crippen molar-refractivity contribution in [3.8, 4) is 0 Å². The molecule has 136 valence electrons. The number of aryl methyl sites for hydroxylation is 1. The van der Waals surface area contributed by atoms with Crippen LogP contribution in [0.5, 0.6) is 0 Å². The molecule has 26 heavy (non-hydrogen) atoms. The van der Waals surface area contributed by atoms with Gasteiger partial charge in [0, 0.05) is 30.2 Å². The second-order valence-electron chi connectivity index (χ2n) is 6.84. The normalized spacial score (nSPS) is 18.3. The summed E-state index contributed by atoms with van der Waals surface area (Å²) in [6.45, 7) is 2.11. The van der Waals surface area contributed by atoms with Crippen LogP contribution < -0.4 is 5.32 Å². The van der Waals surface area contributed by atoms with Crippen LogP contribution >= 0.6 is 0 Å². The zero-order chi connectivity index (χ0) is 18.5. The number of hydrogen-bond acceptors (Lipinski definition) is 4. The second-order valence-corrected chi connectivity index (χ2v) is 6.84. The lowest BCUT2D eigenvalue weighted by Crippen LogP contribution is -2.30. The molecule has 1 N–H and O–H groups in total. The first-order chi connectivity index (χ1) is 12.6. The molecule has 2 aromatic rings. The Morgan fingerprint density at radius 2 is 1.81 bits per heavy atom. The topological polar surface area (TPSA) is 72.2 Å². The Morgan fingerprint density at radius 1 is 1.12 bits per heavy atom. The fourth-order valence-electron chi connectivity index (χ4n) is 3.60. The van der Waals surface area contributed by atoms with Gasteiger partial charge in [-0.3, -0.25) is 14.9 Å². The molecule has 0 amide bonds. The standard InChI is InChI=1S/C21H24N2O3/c1-2-15-7-11-17(12-8-15)22-21(19-5-3-4-6-20(19)24)16-9-13-18(14-10-16)23(25)26/h7-14,19,21-22H,2-6H2,1H3. The van der Waals surface area contributed by atoms with E-state index in [-0.39, 0.29) is 23.4 Å². The highest BCUT2D eigenvalue weighted by Crippen LogP contribution is 2.35. The number of nitro groups is 1. The van der Waals surface area contributed by atoms with E-state index in [0.29, 0.717) is 6.42 Å². The molecule has 0 heterocycles. The molecule has 2 atom stereocenters. The van der Waals surface area contributed by atoms with Crippen molar-refractivity contribution in [2.45, 2.75) is 45.1 Å². The molecule has 2 aromatic carbocycles. The molecule has 0 spiro atoms. The molecule has 1 fully saturated rings. The fourth-order valence-corrected chi connectivity index (χ4v) is 3.60. The van der Waals surface area contributed by atoms with E-state index in [2.05, 4.69) is 24.4 Å². The Morgan fingerprint density at radius 3 is 2.38 bits per heavy atom. The molecule has 1 saturated carbocycles. The lowest BCUT2D eigenvalue weighted by Gasteiger charge is -2.31. The number of non-ortho nitro benzene ring substituents is 1. The van der Waals surface area contributed by atoms with Gasteiger partial charge in [-0.15, -0.1) is 0 Å². The zero-order valence-corrected chi connectivity index (χ0v) is 15.0. The minimum absolute atomic E-state index is 0.0646. The van der Waals surface area contributed by atoms with Crippen LogP contribution in [0.15, 0.2) is 48.5 Å². The minimum atomic E-state index is -0.401. The summed E-state index contributed by atoms with van der Waals surface area (Å²) in [4.78, 5) is 23.0. The third-order valence-electron chi connectivity index (χ3n) is 5.15. The van der Waals surface area contributed by atoms with Crippen molar-refractivity contribution >= 4 is 17.2 Å². The molecular weight excluding hydrogens is 328 g/mol. The number of benzene rings is 2. The van der Waals surface area contributed by atoms with Crippen molar-refractivity contribution in [3.63, 3.8) is 0 Å². The average molecular weight is 352 g/mol. The van der Waals surface area contributed by atoms with Crippen LogP contribution in [-0.2, 0) is 11.2 Å². The summed E-state index contributed by atoms with van der Waals surface area (Å²) >= 11 is 0. The van der Waals surface area contributed by atoms with Gasteiger partial charge in [0.05, 0.1) is 11.0 Å². The summed E-state index contributed by atoms with van der Waals surface area (Å²) in [5.41, 5.74) is 3.20. The highest BCUT2D eigenvalue weighted by molar-refractivity contribution is 5.83. The van der Waals surface area contributed by atoms with Crippen molar-refractivity contribution in [2.24, 2.45) is 5.92 Å². The molecule has 0 aromatic heterocycles. The summed E-state index contributed by atoms with van der Waals surface area (Å²) < 4.78 is 0. The number of anilines is 1. The lowest BCUT2D eigenvalue weighted by molar-refractivity contribution is -0.384. The number of Topliss-reactive ketones (excluding diaryl/α,β-unsaturated/α-hetero) is 1. The second kappa shape index (κ2) is 8.13. The van der Waals surface area contributed by atoms with Crippen LogP contribution in [0.25, 0.3) is 0 Å². The van der Waals surface area contributed by atoms with Crippen molar-refractivity contribution in [1.29, 1.82) is 0 Å². The number of nitro benzene ring substituents is 1. The summed E-state index contributed by atoms with van der Waals surface area (Å²) in [6, 6.07) is 14.6. The molecule has 1 aliphatic rings. The third kappa shape index (κ3) is 4.10.